The molecule has 1 saturated carbocycles. The van der Waals surface area contributed by atoms with Crippen LogP contribution >= 0.6 is 0 Å². The van der Waals surface area contributed by atoms with Gasteiger partial charge >= 0.3 is 11.7 Å². The fraction of sp³-hybridized carbons (Fsp3) is 0.562. The summed E-state index contributed by atoms with van der Waals surface area (Å²) in [6.45, 7) is 1.53. The van der Waals surface area contributed by atoms with Crippen molar-refractivity contribution in [1.29, 1.82) is 0 Å². The topological polar surface area (TPSA) is 104 Å². The minimum absolute atomic E-state index is 0.00650. The zero-order chi connectivity index (χ0) is 18.6. The van der Waals surface area contributed by atoms with E-state index in [0.29, 0.717) is 12.8 Å². The van der Waals surface area contributed by atoms with Gasteiger partial charge in [-0.2, -0.15) is 0 Å². The molecule has 0 bridgehead atoms. The van der Waals surface area contributed by atoms with Crippen LogP contribution in [0.3, 0.4) is 0 Å². The molecule has 0 radical (unpaired) electrons. The molecule has 2 heterocycles. The molecule has 0 amide bonds. The largest absolute Gasteiger partial charge is 0.438 e. The molecule has 0 N–H and O–H groups in total. The third kappa shape index (κ3) is 2.40. The van der Waals surface area contributed by atoms with Crippen molar-refractivity contribution in [2.45, 2.75) is 44.0 Å². The summed E-state index contributed by atoms with van der Waals surface area (Å²) in [6, 6.07) is 0. The lowest BCUT2D eigenvalue weighted by molar-refractivity contribution is -0.145. The minimum Gasteiger partial charge on any atom is -0.438 e. The maximum atomic E-state index is 13.0. The van der Waals surface area contributed by atoms with E-state index in [4.69, 9.17) is 4.74 Å². The molecule has 8 nitrogen and oxygen atoms in total. The smallest absolute Gasteiger partial charge is 0.351 e. The SMILES string of the molecule is Cc1c(/C=C2\C(=O)OC3(CCCCC3)S2(=O)=O)c(=O)n(C)c(=O)n1C. The van der Waals surface area contributed by atoms with Crippen LogP contribution in [0.1, 0.15) is 43.4 Å². The van der Waals surface area contributed by atoms with Gasteiger partial charge in [0, 0.05) is 32.6 Å². The molecular formula is C16H20N2O6S. The maximum absolute atomic E-state index is 13.0. The van der Waals surface area contributed by atoms with Crippen molar-refractivity contribution in [3.05, 3.63) is 37.0 Å². The van der Waals surface area contributed by atoms with Gasteiger partial charge in [0.05, 0.1) is 5.56 Å². The lowest BCUT2D eigenvalue weighted by Gasteiger charge is -2.29. The molecule has 136 valence electrons. The van der Waals surface area contributed by atoms with Crippen LogP contribution < -0.4 is 11.2 Å². The molecule has 0 atom stereocenters. The molecule has 1 spiro atoms. The van der Waals surface area contributed by atoms with Gasteiger partial charge < -0.3 is 9.30 Å². The summed E-state index contributed by atoms with van der Waals surface area (Å²) >= 11 is 0. The number of ether oxygens (including phenoxy) is 1. The van der Waals surface area contributed by atoms with Gasteiger partial charge in [0.2, 0.25) is 14.8 Å². The highest BCUT2D eigenvalue weighted by atomic mass is 32.2. The Balaban J connectivity index is 2.23. The maximum Gasteiger partial charge on any atom is 0.351 e. The molecule has 1 aromatic rings. The number of aromatic nitrogens is 2. The Morgan fingerprint density at radius 3 is 2.24 bits per heavy atom. The van der Waals surface area contributed by atoms with Crippen LogP contribution in [-0.4, -0.2) is 28.5 Å². The number of hydrogen-bond donors (Lipinski definition) is 0. The van der Waals surface area contributed by atoms with E-state index in [1.165, 1.54) is 25.6 Å². The van der Waals surface area contributed by atoms with E-state index < -0.39 is 36.9 Å². The third-order valence-corrected chi connectivity index (χ3v) is 7.49. The first-order chi connectivity index (χ1) is 11.6. The lowest BCUT2D eigenvalue weighted by Crippen LogP contribution is -2.40. The summed E-state index contributed by atoms with van der Waals surface area (Å²) in [5, 5.41) is 0. The Hall–Kier alpha value is -2.16. The normalized spacial score (nSPS) is 23.2. The molecular weight excluding hydrogens is 348 g/mol. The molecule has 1 aliphatic carbocycles. The van der Waals surface area contributed by atoms with E-state index in [9.17, 15) is 22.8 Å². The number of sulfone groups is 1. The summed E-state index contributed by atoms with van der Waals surface area (Å²) in [5.74, 6) is -0.933. The van der Waals surface area contributed by atoms with Crippen LogP contribution in [0.5, 0.6) is 0 Å². The van der Waals surface area contributed by atoms with E-state index in [1.807, 2.05) is 0 Å². The minimum atomic E-state index is -4.01. The van der Waals surface area contributed by atoms with Crippen LogP contribution in [0, 0.1) is 6.92 Å². The third-order valence-electron chi connectivity index (χ3n) is 5.15. The quantitative estimate of drug-likeness (QED) is 0.524. The fourth-order valence-corrected chi connectivity index (χ4v) is 5.40. The number of nitrogens with zero attached hydrogens (tertiary/aromatic N) is 2. The first-order valence-corrected chi connectivity index (χ1v) is 9.57. The first-order valence-electron chi connectivity index (χ1n) is 8.09. The van der Waals surface area contributed by atoms with E-state index in [1.54, 1.807) is 0 Å². The van der Waals surface area contributed by atoms with Crippen molar-refractivity contribution in [3.63, 3.8) is 0 Å². The van der Waals surface area contributed by atoms with Crippen molar-refractivity contribution in [2.75, 3.05) is 0 Å². The zero-order valence-corrected chi connectivity index (χ0v) is 15.2. The second kappa shape index (κ2) is 5.69. The molecule has 1 aliphatic heterocycles. The Bertz CT molecular complexity index is 1010. The second-order valence-corrected chi connectivity index (χ2v) is 8.77. The Morgan fingerprint density at radius 2 is 1.64 bits per heavy atom. The lowest BCUT2D eigenvalue weighted by atomic mass is 9.97. The van der Waals surface area contributed by atoms with Gasteiger partial charge in [-0.1, -0.05) is 6.42 Å². The van der Waals surface area contributed by atoms with E-state index in [-0.39, 0.29) is 24.1 Å². The summed E-state index contributed by atoms with van der Waals surface area (Å²) < 4.78 is 33.3. The van der Waals surface area contributed by atoms with Crippen molar-refractivity contribution in [3.8, 4) is 0 Å². The molecule has 25 heavy (non-hydrogen) atoms. The fourth-order valence-electron chi connectivity index (χ4n) is 3.45. The van der Waals surface area contributed by atoms with Crippen LogP contribution in [-0.2, 0) is 33.5 Å². The Labute approximate surface area is 144 Å². The standard InChI is InChI=1S/C16H20N2O6S/c1-10-11(13(19)18(3)15(21)17(10)2)9-12-14(20)24-16(25(12,22)23)7-5-4-6-8-16/h9H,4-8H2,1-3H3/b12-9+. The molecule has 1 saturated heterocycles. The van der Waals surface area contributed by atoms with E-state index >= 15 is 0 Å². The molecule has 2 aliphatic rings. The first kappa shape index (κ1) is 17.7. The molecule has 2 fully saturated rings. The van der Waals surface area contributed by atoms with Crippen LogP contribution in [0.25, 0.3) is 6.08 Å². The molecule has 9 heteroatoms. The summed E-state index contributed by atoms with van der Waals surface area (Å²) in [4.78, 5) is 34.6. The van der Waals surface area contributed by atoms with Gasteiger partial charge in [0.1, 0.15) is 0 Å². The van der Waals surface area contributed by atoms with Crippen LogP contribution in [0.15, 0.2) is 14.5 Å². The predicted molar refractivity (Wildman–Crippen MR) is 90.5 cm³/mol. The second-order valence-electron chi connectivity index (χ2n) is 6.58. The van der Waals surface area contributed by atoms with Crippen molar-refractivity contribution < 1.29 is 17.9 Å². The van der Waals surface area contributed by atoms with Crippen LogP contribution in [0.4, 0.5) is 0 Å². The number of esters is 1. The molecule has 1 aromatic heterocycles. The van der Waals surface area contributed by atoms with Crippen molar-refractivity contribution in [1.82, 2.24) is 9.13 Å². The molecule has 0 unspecified atom stereocenters. The van der Waals surface area contributed by atoms with Gasteiger partial charge in [-0.05, 0) is 25.8 Å². The summed E-state index contributed by atoms with van der Waals surface area (Å²) in [5.41, 5.74) is -0.896. The average molecular weight is 368 g/mol. The monoisotopic (exact) mass is 368 g/mol. The van der Waals surface area contributed by atoms with Gasteiger partial charge in [0.25, 0.3) is 5.56 Å². The number of rotatable bonds is 1. The zero-order valence-electron chi connectivity index (χ0n) is 14.4. The highest BCUT2D eigenvalue weighted by Crippen LogP contribution is 2.45. The number of carbonyl (C=O) groups is 1. The molecule has 0 aromatic carbocycles. The average Bonchev–Trinajstić information content (AvgIpc) is 2.75. The summed E-state index contributed by atoms with van der Waals surface area (Å²) in [6.07, 6.45) is 3.82. The van der Waals surface area contributed by atoms with E-state index in [2.05, 4.69) is 0 Å². The van der Waals surface area contributed by atoms with Crippen LogP contribution in [0.2, 0.25) is 0 Å². The highest BCUT2D eigenvalue weighted by Gasteiger charge is 2.57. The van der Waals surface area contributed by atoms with Crippen molar-refractivity contribution >= 4 is 21.9 Å². The predicted octanol–water partition coefficient (Wildman–Crippen LogP) is 0.365. The van der Waals surface area contributed by atoms with Gasteiger partial charge in [-0.25, -0.2) is 18.0 Å². The van der Waals surface area contributed by atoms with Gasteiger partial charge in [-0.3, -0.25) is 9.36 Å². The Morgan fingerprint density at radius 1 is 1.04 bits per heavy atom. The van der Waals surface area contributed by atoms with E-state index in [0.717, 1.165) is 17.1 Å². The molecule has 3 rings (SSSR count). The van der Waals surface area contributed by atoms with Crippen molar-refractivity contribution in [2.24, 2.45) is 14.1 Å². The number of hydrogen-bond acceptors (Lipinski definition) is 6. The summed E-state index contributed by atoms with van der Waals surface area (Å²) in [7, 11) is -1.24. The number of carbonyl (C=O) groups excluding carboxylic acids is 1. The van der Waals surface area contributed by atoms with Gasteiger partial charge in [-0.15, -0.1) is 0 Å². The highest BCUT2D eigenvalue weighted by molar-refractivity contribution is 7.98. The Kier molecular flexibility index (Phi) is 4.02. The van der Waals surface area contributed by atoms with Gasteiger partial charge in [0.15, 0.2) is 4.91 Å².